The smallest absolute Gasteiger partial charge is 0.335 e. The van der Waals surface area contributed by atoms with Crippen molar-refractivity contribution in [3.63, 3.8) is 0 Å². The highest BCUT2D eigenvalue weighted by Crippen LogP contribution is 2.50. The van der Waals surface area contributed by atoms with Crippen LogP contribution in [0.2, 0.25) is 0 Å². The van der Waals surface area contributed by atoms with Crippen molar-refractivity contribution in [2.45, 2.75) is 105 Å². The second-order valence-corrected chi connectivity index (χ2v) is 15.5. The lowest BCUT2D eigenvalue weighted by Crippen LogP contribution is -2.53. The van der Waals surface area contributed by atoms with E-state index in [4.69, 9.17) is 4.99 Å². The van der Waals surface area contributed by atoms with Gasteiger partial charge < -0.3 is 24.6 Å². The zero-order valence-electron chi connectivity index (χ0n) is 27.6. The third-order valence-corrected chi connectivity index (χ3v) is 9.82. The second kappa shape index (κ2) is 13.1. The number of amidine groups is 1. The van der Waals surface area contributed by atoms with Gasteiger partial charge in [0, 0.05) is 32.1 Å². The van der Waals surface area contributed by atoms with Crippen LogP contribution in [-0.4, -0.2) is 82.7 Å². The summed E-state index contributed by atoms with van der Waals surface area (Å²) in [5.41, 5.74) is 1.08. The number of aromatic carboxylic acids is 1. The third-order valence-electron chi connectivity index (χ3n) is 9.82. The summed E-state index contributed by atoms with van der Waals surface area (Å²) in [6, 6.07) is 7.02. The van der Waals surface area contributed by atoms with Crippen molar-refractivity contribution in [3.8, 4) is 0 Å². The molecule has 2 saturated carbocycles. The van der Waals surface area contributed by atoms with E-state index in [0.29, 0.717) is 17.7 Å². The number of nitrogens with zero attached hydrogens (tertiary/aromatic N) is 4. The van der Waals surface area contributed by atoms with Crippen LogP contribution >= 0.6 is 0 Å². The van der Waals surface area contributed by atoms with E-state index < -0.39 is 11.6 Å². The molecule has 1 amide bonds. The van der Waals surface area contributed by atoms with Gasteiger partial charge in [0.1, 0.15) is 11.9 Å². The molecule has 238 valence electrons. The van der Waals surface area contributed by atoms with Crippen LogP contribution in [0.3, 0.4) is 0 Å². The van der Waals surface area contributed by atoms with Gasteiger partial charge in [-0.05, 0) is 92.9 Å². The molecule has 0 radical (unpaired) electrons. The summed E-state index contributed by atoms with van der Waals surface area (Å²) in [6.07, 6.45) is 8.93. The second-order valence-electron chi connectivity index (χ2n) is 15.5. The maximum atomic E-state index is 14.4. The predicted octanol–water partition coefficient (Wildman–Crippen LogP) is 6.27. The Morgan fingerprint density at radius 3 is 2.02 bits per heavy atom. The van der Waals surface area contributed by atoms with Crippen LogP contribution in [0, 0.1) is 22.7 Å². The van der Waals surface area contributed by atoms with E-state index in [9.17, 15) is 19.5 Å². The summed E-state index contributed by atoms with van der Waals surface area (Å²) in [5.74, 6) is 0.809. The molecule has 3 fully saturated rings. The number of aliphatic imine (C=N–C) groups is 1. The normalized spacial score (nSPS) is 25.7. The van der Waals surface area contributed by atoms with Gasteiger partial charge in [-0.1, -0.05) is 53.7 Å². The molecule has 4 aliphatic rings. The molecule has 8 nitrogen and oxygen atoms in total. The topological polar surface area (TPSA) is 93.5 Å². The molecule has 1 atom stereocenters. The summed E-state index contributed by atoms with van der Waals surface area (Å²) >= 11 is 0. The Labute approximate surface area is 258 Å². The predicted molar refractivity (Wildman–Crippen MR) is 171 cm³/mol. The summed E-state index contributed by atoms with van der Waals surface area (Å²) < 4.78 is 0. The highest BCUT2D eigenvalue weighted by atomic mass is 16.4. The van der Waals surface area contributed by atoms with Crippen molar-refractivity contribution in [2.24, 2.45) is 27.7 Å². The Balaban J connectivity index is 0.000000767. The number of carbonyl (C=O) groups is 3. The van der Waals surface area contributed by atoms with Gasteiger partial charge in [0.05, 0.1) is 11.6 Å². The Kier molecular flexibility index (Phi) is 10.1. The molecule has 0 bridgehead atoms. The van der Waals surface area contributed by atoms with Gasteiger partial charge in [-0.25, -0.2) is 9.79 Å². The lowest BCUT2D eigenvalue weighted by molar-refractivity contribution is -0.134. The van der Waals surface area contributed by atoms with Crippen LogP contribution in [-0.2, 0) is 9.59 Å². The molecule has 0 aromatic heterocycles. The zero-order chi connectivity index (χ0) is 31.6. The van der Waals surface area contributed by atoms with Crippen LogP contribution in [0.4, 0.5) is 0 Å². The first-order valence-electron chi connectivity index (χ1n) is 16.3. The monoisotopic (exact) mass is 594 g/mol. The number of hydrogen-bond acceptors (Lipinski definition) is 6. The Morgan fingerprint density at radius 1 is 1.00 bits per heavy atom. The van der Waals surface area contributed by atoms with Crippen LogP contribution in [0.15, 0.2) is 29.3 Å². The molecule has 1 saturated heterocycles. The molecule has 1 N–H and O–H groups in total. The molecule has 8 heteroatoms. The number of carboxylic acids is 1. The quantitative estimate of drug-likeness (QED) is 0.391. The van der Waals surface area contributed by atoms with Gasteiger partial charge in [-0.3, -0.25) is 4.79 Å². The molecule has 1 unspecified atom stereocenters. The number of carbonyl (C=O) groups excluding carboxylic acids is 2. The van der Waals surface area contributed by atoms with E-state index in [0.717, 1.165) is 89.4 Å². The van der Waals surface area contributed by atoms with Gasteiger partial charge in [0.25, 0.3) is 5.91 Å². The van der Waals surface area contributed by atoms with E-state index in [1.165, 1.54) is 0 Å². The highest BCUT2D eigenvalue weighted by molar-refractivity contribution is 6.39. The standard InChI is InChI=1S/C31H48N4O3.C4H6O/c1-29(2,3)15-14-25(22-8-10-23(11-9-22)28(37)38)35-27(36)26(34-20-18-33(7)19-21-34)32-31(35)16-12-24(13-17-31)30(4,5)6;5-3-4-1-2-4/h8-11,24-25H,12-21H2,1-7H3,(H,37,38);3-4H,1-2H2. The molecule has 43 heavy (non-hydrogen) atoms. The average molecular weight is 595 g/mol. The SMILES string of the molecule is CN1CCN(C2=NC3(CCC(C(C)(C)C)CC3)N(C(CCC(C)(C)C)c3ccc(C(=O)O)cc3)C2=O)CC1.O=CC1CC1. The number of hydrogen-bond donors (Lipinski definition) is 1. The Morgan fingerprint density at radius 2 is 1.58 bits per heavy atom. The number of likely N-dealkylation sites (N-methyl/N-ethyl adjacent to an activating group) is 1. The third kappa shape index (κ3) is 8.25. The number of rotatable bonds is 6. The summed E-state index contributed by atoms with van der Waals surface area (Å²) in [7, 11) is 2.13. The summed E-state index contributed by atoms with van der Waals surface area (Å²) in [5, 5.41) is 9.47. The molecule has 1 aromatic carbocycles. The fourth-order valence-corrected chi connectivity index (χ4v) is 6.64. The van der Waals surface area contributed by atoms with Crippen molar-refractivity contribution in [1.82, 2.24) is 14.7 Å². The van der Waals surface area contributed by atoms with E-state index in [-0.39, 0.29) is 28.3 Å². The van der Waals surface area contributed by atoms with E-state index in [1.54, 1.807) is 12.1 Å². The maximum Gasteiger partial charge on any atom is 0.335 e. The van der Waals surface area contributed by atoms with Crippen LogP contribution in [0.5, 0.6) is 0 Å². The number of benzene rings is 1. The zero-order valence-corrected chi connectivity index (χ0v) is 27.6. The van der Waals surface area contributed by atoms with Crippen LogP contribution in [0.25, 0.3) is 0 Å². The average Bonchev–Trinajstić information content (AvgIpc) is 3.75. The molecule has 5 rings (SSSR count). The van der Waals surface area contributed by atoms with Crippen molar-refractivity contribution in [3.05, 3.63) is 35.4 Å². The van der Waals surface area contributed by atoms with Crippen molar-refractivity contribution >= 4 is 24.0 Å². The van der Waals surface area contributed by atoms with Crippen molar-refractivity contribution in [2.75, 3.05) is 33.2 Å². The summed E-state index contributed by atoms with van der Waals surface area (Å²) in [4.78, 5) is 47.5. The van der Waals surface area contributed by atoms with E-state index >= 15 is 0 Å². The van der Waals surface area contributed by atoms with Gasteiger partial charge in [-0.2, -0.15) is 0 Å². The fourth-order valence-electron chi connectivity index (χ4n) is 6.64. The molecule has 2 aliphatic heterocycles. The number of amides is 1. The molecule has 2 heterocycles. The van der Waals surface area contributed by atoms with Gasteiger partial charge in [0.15, 0.2) is 5.84 Å². The van der Waals surface area contributed by atoms with Crippen molar-refractivity contribution in [1.29, 1.82) is 0 Å². The van der Waals surface area contributed by atoms with Crippen LogP contribution in [0.1, 0.15) is 115 Å². The molecule has 1 spiro atoms. The van der Waals surface area contributed by atoms with Gasteiger partial charge >= 0.3 is 5.97 Å². The first-order chi connectivity index (χ1) is 20.1. The fraction of sp³-hybridized carbons (Fsp3) is 0.714. The number of carboxylic acid groups (broad SMARTS) is 1. The van der Waals surface area contributed by atoms with E-state index in [1.807, 2.05) is 12.1 Å². The molecular weight excluding hydrogens is 540 g/mol. The number of aldehydes is 1. The van der Waals surface area contributed by atoms with E-state index in [2.05, 4.69) is 63.3 Å². The van der Waals surface area contributed by atoms with Gasteiger partial charge in [0.2, 0.25) is 0 Å². The summed E-state index contributed by atoms with van der Waals surface area (Å²) in [6.45, 7) is 17.2. The molecule has 2 aliphatic carbocycles. The maximum absolute atomic E-state index is 14.4. The molecular formula is C35H54N4O4. The lowest BCUT2D eigenvalue weighted by Gasteiger charge is -2.47. The first-order valence-corrected chi connectivity index (χ1v) is 16.3. The number of piperazine rings is 1. The largest absolute Gasteiger partial charge is 0.478 e. The lowest BCUT2D eigenvalue weighted by atomic mass is 9.69. The Hall–Kier alpha value is -2.74. The van der Waals surface area contributed by atoms with Gasteiger partial charge in [-0.15, -0.1) is 0 Å². The van der Waals surface area contributed by atoms with Crippen LogP contribution < -0.4 is 0 Å². The molecule has 1 aromatic rings. The minimum atomic E-state index is -0.933. The minimum absolute atomic E-state index is 0.0463. The highest BCUT2D eigenvalue weighted by Gasteiger charge is 2.53. The Bertz CT molecular complexity index is 1160. The minimum Gasteiger partial charge on any atom is -0.478 e. The first kappa shape index (κ1) is 33.2. The van der Waals surface area contributed by atoms with Crippen molar-refractivity contribution < 1.29 is 19.5 Å².